The van der Waals surface area contributed by atoms with Crippen molar-refractivity contribution in [3.05, 3.63) is 34.3 Å². The topological polar surface area (TPSA) is 49.8 Å². The number of aliphatic hydroxyl groups is 1. The standard InChI is InChI=1S/C18H24BrNO3/c19-15-6-4-5-14(13-15)16(18(22)7-2-1-3-8-18)17(21)20-9-11-23-12-10-20/h4-6,13,16,22H,1-3,7-12H2. The van der Waals surface area contributed by atoms with E-state index in [1.54, 1.807) is 0 Å². The molecular weight excluding hydrogens is 358 g/mol. The first-order valence-corrected chi connectivity index (χ1v) is 9.24. The van der Waals surface area contributed by atoms with Gasteiger partial charge in [-0.15, -0.1) is 0 Å². The Bertz CT molecular complexity index is 551. The summed E-state index contributed by atoms with van der Waals surface area (Å²) in [7, 11) is 0. The Labute approximate surface area is 145 Å². The monoisotopic (exact) mass is 381 g/mol. The Balaban J connectivity index is 1.93. The van der Waals surface area contributed by atoms with Crippen LogP contribution in [0.1, 0.15) is 43.6 Å². The minimum absolute atomic E-state index is 0.0378. The number of amides is 1. The maximum atomic E-state index is 13.2. The van der Waals surface area contributed by atoms with Gasteiger partial charge < -0.3 is 14.7 Å². The molecule has 1 unspecified atom stereocenters. The molecule has 1 aromatic carbocycles. The highest BCUT2D eigenvalue weighted by Crippen LogP contribution is 2.41. The van der Waals surface area contributed by atoms with E-state index in [1.165, 1.54) is 0 Å². The van der Waals surface area contributed by atoms with Crippen molar-refractivity contribution in [1.29, 1.82) is 0 Å². The quantitative estimate of drug-likeness (QED) is 0.874. The van der Waals surface area contributed by atoms with Gasteiger partial charge >= 0.3 is 0 Å². The summed E-state index contributed by atoms with van der Waals surface area (Å²) < 4.78 is 6.30. The second-order valence-corrected chi connectivity index (χ2v) is 7.51. The third-order valence-corrected chi connectivity index (χ3v) is 5.50. The first-order valence-electron chi connectivity index (χ1n) is 8.44. The molecule has 2 aliphatic rings. The van der Waals surface area contributed by atoms with Gasteiger partial charge in [0.15, 0.2) is 0 Å². The summed E-state index contributed by atoms with van der Waals surface area (Å²) in [6, 6.07) is 7.81. The van der Waals surface area contributed by atoms with Crippen LogP contribution in [0, 0.1) is 0 Å². The van der Waals surface area contributed by atoms with Gasteiger partial charge in [0.05, 0.1) is 24.7 Å². The van der Waals surface area contributed by atoms with E-state index in [4.69, 9.17) is 4.74 Å². The molecule has 1 aliphatic heterocycles. The van der Waals surface area contributed by atoms with Gasteiger partial charge in [-0.3, -0.25) is 4.79 Å². The summed E-state index contributed by atoms with van der Waals surface area (Å²) >= 11 is 3.49. The van der Waals surface area contributed by atoms with E-state index in [0.717, 1.165) is 29.3 Å². The van der Waals surface area contributed by atoms with E-state index < -0.39 is 11.5 Å². The predicted molar refractivity (Wildman–Crippen MR) is 92.3 cm³/mol. The molecule has 126 valence electrons. The van der Waals surface area contributed by atoms with Gasteiger partial charge in [-0.05, 0) is 30.5 Å². The molecule has 0 bridgehead atoms. The molecular formula is C18H24BrNO3. The molecule has 4 nitrogen and oxygen atoms in total. The minimum Gasteiger partial charge on any atom is -0.389 e. The largest absolute Gasteiger partial charge is 0.389 e. The lowest BCUT2D eigenvalue weighted by atomic mass is 9.72. The fourth-order valence-corrected chi connectivity index (χ4v) is 4.20. The number of carbonyl (C=O) groups excluding carboxylic acids is 1. The van der Waals surface area contributed by atoms with E-state index in [-0.39, 0.29) is 5.91 Å². The van der Waals surface area contributed by atoms with Crippen molar-refractivity contribution in [2.24, 2.45) is 0 Å². The molecule has 3 rings (SSSR count). The normalized spacial score (nSPS) is 22.6. The molecule has 0 spiro atoms. The zero-order valence-electron chi connectivity index (χ0n) is 13.3. The highest BCUT2D eigenvalue weighted by molar-refractivity contribution is 9.10. The van der Waals surface area contributed by atoms with Crippen molar-refractivity contribution in [2.45, 2.75) is 43.6 Å². The average molecular weight is 382 g/mol. The number of carbonyl (C=O) groups is 1. The summed E-state index contributed by atoms with van der Waals surface area (Å²) in [5, 5.41) is 11.3. The van der Waals surface area contributed by atoms with Crippen LogP contribution >= 0.6 is 15.9 Å². The smallest absolute Gasteiger partial charge is 0.233 e. The van der Waals surface area contributed by atoms with Crippen LogP contribution in [0.2, 0.25) is 0 Å². The van der Waals surface area contributed by atoms with Gasteiger partial charge in [-0.1, -0.05) is 47.3 Å². The number of rotatable bonds is 3. The molecule has 1 saturated heterocycles. The van der Waals surface area contributed by atoms with Crippen LogP contribution in [0.25, 0.3) is 0 Å². The van der Waals surface area contributed by atoms with Crippen LogP contribution in [0.15, 0.2) is 28.7 Å². The van der Waals surface area contributed by atoms with Crippen molar-refractivity contribution in [1.82, 2.24) is 4.90 Å². The van der Waals surface area contributed by atoms with Crippen molar-refractivity contribution in [3.63, 3.8) is 0 Å². The van der Waals surface area contributed by atoms with E-state index in [2.05, 4.69) is 15.9 Å². The highest BCUT2D eigenvalue weighted by Gasteiger charge is 2.44. The zero-order chi connectivity index (χ0) is 16.3. The lowest BCUT2D eigenvalue weighted by molar-refractivity contribution is -0.145. The van der Waals surface area contributed by atoms with Crippen molar-refractivity contribution >= 4 is 21.8 Å². The molecule has 1 heterocycles. The van der Waals surface area contributed by atoms with Crippen molar-refractivity contribution in [2.75, 3.05) is 26.3 Å². The Kier molecular flexibility index (Phi) is 5.39. The van der Waals surface area contributed by atoms with Crippen LogP contribution < -0.4 is 0 Å². The van der Waals surface area contributed by atoms with Crippen LogP contribution in [0.5, 0.6) is 0 Å². The molecule has 1 N–H and O–H groups in total. The van der Waals surface area contributed by atoms with E-state index in [9.17, 15) is 9.90 Å². The number of ether oxygens (including phenoxy) is 1. The lowest BCUT2D eigenvalue weighted by Gasteiger charge is -2.41. The summed E-state index contributed by atoms with van der Waals surface area (Å²) in [6.45, 7) is 2.38. The number of hydrogen-bond acceptors (Lipinski definition) is 3. The first kappa shape index (κ1) is 16.9. The second kappa shape index (κ2) is 7.32. The van der Waals surface area contributed by atoms with Gasteiger partial charge in [0.25, 0.3) is 0 Å². The van der Waals surface area contributed by atoms with Gasteiger partial charge in [-0.2, -0.15) is 0 Å². The summed E-state index contributed by atoms with van der Waals surface area (Å²) in [5.41, 5.74) is -0.0331. The van der Waals surface area contributed by atoms with Gasteiger partial charge in [0, 0.05) is 17.6 Å². The second-order valence-electron chi connectivity index (χ2n) is 6.59. The van der Waals surface area contributed by atoms with Gasteiger partial charge in [0.1, 0.15) is 0 Å². The number of hydrogen-bond donors (Lipinski definition) is 1. The number of benzene rings is 1. The molecule has 1 aromatic rings. The van der Waals surface area contributed by atoms with Crippen LogP contribution in [-0.2, 0) is 9.53 Å². The highest BCUT2D eigenvalue weighted by atomic mass is 79.9. The molecule has 5 heteroatoms. The average Bonchev–Trinajstić information content (AvgIpc) is 2.56. The SMILES string of the molecule is O=C(C(c1cccc(Br)c1)C1(O)CCCCC1)N1CCOCC1. The van der Waals surface area contributed by atoms with Crippen LogP contribution in [-0.4, -0.2) is 47.8 Å². The lowest BCUT2D eigenvalue weighted by Crippen LogP contribution is -2.50. The number of nitrogens with zero attached hydrogens (tertiary/aromatic N) is 1. The first-order chi connectivity index (χ1) is 11.1. The summed E-state index contributed by atoms with van der Waals surface area (Å²) in [5.74, 6) is -0.450. The van der Waals surface area contributed by atoms with E-state index in [1.807, 2.05) is 29.2 Å². The maximum Gasteiger partial charge on any atom is 0.233 e. The zero-order valence-corrected chi connectivity index (χ0v) is 14.9. The van der Waals surface area contributed by atoms with Gasteiger partial charge in [-0.25, -0.2) is 0 Å². The Morgan fingerprint density at radius 2 is 1.91 bits per heavy atom. The summed E-state index contributed by atoms with van der Waals surface area (Å²) in [4.78, 5) is 15.1. The predicted octanol–water partition coefficient (Wildman–Crippen LogP) is 3.09. The third kappa shape index (κ3) is 3.78. The van der Waals surface area contributed by atoms with E-state index >= 15 is 0 Å². The molecule has 1 saturated carbocycles. The third-order valence-electron chi connectivity index (χ3n) is 5.01. The molecule has 1 amide bonds. The fraction of sp³-hybridized carbons (Fsp3) is 0.611. The van der Waals surface area contributed by atoms with Gasteiger partial charge in [0.2, 0.25) is 5.91 Å². The number of morpholine rings is 1. The minimum atomic E-state index is -0.936. The van der Waals surface area contributed by atoms with Crippen molar-refractivity contribution < 1.29 is 14.6 Å². The molecule has 1 atom stereocenters. The maximum absolute atomic E-state index is 13.2. The van der Waals surface area contributed by atoms with Crippen molar-refractivity contribution in [3.8, 4) is 0 Å². The van der Waals surface area contributed by atoms with Crippen LogP contribution in [0.3, 0.4) is 0 Å². The summed E-state index contributed by atoms with van der Waals surface area (Å²) in [6.07, 6.45) is 4.49. The molecule has 23 heavy (non-hydrogen) atoms. The Hall–Kier alpha value is -0.910. The molecule has 1 aliphatic carbocycles. The Morgan fingerprint density at radius 1 is 1.22 bits per heavy atom. The van der Waals surface area contributed by atoms with Crippen LogP contribution in [0.4, 0.5) is 0 Å². The molecule has 0 radical (unpaired) electrons. The van der Waals surface area contributed by atoms with E-state index in [0.29, 0.717) is 39.1 Å². The molecule has 0 aromatic heterocycles. The number of halogens is 1. The Morgan fingerprint density at radius 3 is 2.57 bits per heavy atom. The fourth-order valence-electron chi connectivity index (χ4n) is 3.79. The molecule has 2 fully saturated rings.